The van der Waals surface area contributed by atoms with Crippen LogP contribution in [-0.4, -0.2) is 52.9 Å². The molecule has 0 spiro atoms. The first-order chi connectivity index (χ1) is 12.0. The van der Waals surface area contributed by atoms with Crippen molar-refractivity contribution in [2.45, 2.75) is 18.9 Å². The normalized spacial score (nSPS) is 20.1. The molecule has 25 heavy (non-hydrogen) atoms. The smallest absolute Gasteiger partial charge is 0.246 e. The fraction of sp³-hybridized carbons (Fsp3) is 0.474. The molecule has 2 aliphatic rings. The van der Waals surface area contributed by atoms with Gasteiger partial charge in [0, 0.05) is 26.2 Å². The molecule has 0 saturated carbocycles. The minimum Gasteiger partial charge on any atom is -0.388 e. The second kappa shape index (κ2) is 7.35. The van der Waals surface area contributed by atoms with Crippen LogP contribution >= 0.6 is 0 Å². The summed E-state index contributed by atoms with van der Waals surface area (Å²) < 4.78 is 13.0. The number of likely N-dealkylation sites (tertiary alicyclic amines) is 2. The lowest BCUT2D eigenvalue weighted by Gasteiger charge is -2.42. The fourth-order valence-corrected chi connectivity index (χ4v) is 3.57. The van der Waals surface area contributed by atoms with Gasteiger partial charge >= 0.3 is 0 Å². The molecule has 2 amide bonds. The van der Waals surface area contributed by atoms with Crippen molar-refractivity contribution in [2.75, 3.05) is 26.2 Å². The minimum absolute atomic E-state index is 0.0646. The van der Waals surface area contributed by atoms with Crippen molar-refractivity contribution < 1.29 is 19.1 Å². The molecule has 2 fully saturated rings. The Balaban J connectivity index is 1.48. The topological polar surface area (TPSA) is 60.9 Å². The number of hydrogen-bond donors (Lipinski definition) is 1. The van der Waals surface area contributed by atoms with E-state index in [1.165, 1.54) is 18.2 Å². The number of halogens is 1. The summed E-state index contributed by atoms with van der Waals surface area (Å²) in [6.45, 7) is 5.58. The van der Waals surface area contributed by atoms with Crippen LogP contribution in [0.25, 0.3) is 0 Å². The summed E-state index contributed by atoms with van der Waals surface area (Å²) in [7, 11) is 0. The van der Waals surface area contributed by atoms with E-state index in [0.717, 1.165) is 0 Å². The molecule has 134 valence electrons. The molecule has 0 radical (unpaired) electrons. The zero-order valence-electron chi connectivity index (χ0n) is 14.1. The maximum atomic E-state index is 13.0. The number of carbonyl (C=O) groups is 2. The van der Waals surface area contributed by atoms with Gasteiger partial charge in [0.2, 0.25) is 11.8 Å². The van der Waals surface area contributed by atoms with Crippen LogP contribution in [-0.2, 0) is 9.59 Å². The summed E-state index contributed by atoms with van der Waals surface area (Å²) in [5.41, 5.74) is 0.712. The van der Waals surface area contributed by atoms with Gasteiger partial charge in [-0.2, -0.15) is 0 Å². The van der Waals surface area contributed by atoms with Crippen LogP contribution in [0.1, 0.15) is 24.5 Å². The van der Waals surface area contributed by atoms with Gasteiger partial charge in [-0.3, -0.25) is 9.59 Å². The Morgan fingerprint density at radius 2 is 1.76 bits per heavy atom. The highest BCUT2D eigenvalue weighted by Crippen LogP contribution is 2.31. The molecule has 1 unspecified atom stereocenters. The molecule has 2 saturated heterocycles. The number of aliphatic hydroxyl groups is 1. The number of amides is 2. The molecule has 1 aromatic carbocycles. The van der Waals surface area contributed by atoms with E-state index >= 15 is 0 Å². The number of aliphatic hydroxyl groups excluding tert-OH is 1. The van der Waals surface area contributed by atoms with Crippen LogP contribution in [0.4, 0.5) is 4.39 Å². The number of carbonyl (C=O) groups excluding carboxylic acids is 2. The van der Waals surface area contributed by atoms with E-state index in [2.05, 4.69) is 6.58 Å². The third-order valence-corrected chi connectivity index (χ3v) is 5.23. The highest BCUT2D eigenvalue weighted by molar-refractivity contribution is 5.90. The maximum Gasteiger partial charge on any atom is 0.246 e. The van der Waals surface area contributed by atoms with Gasteiger partial charge in [-0.1, -0.05) is 18.7 Å². The largest absolute Gasteiger partial charge is 0.388 e. The first-order valence-corrected chi connectivity index (χ1v) is 8.63. The summed E-state index contributed by atoms with van der Waals surface area (Å²) in [6, 6.07) is 5.92. The summed E-state index contributed by atoms with van der Waals surface area (Å²) >= 11 is 0. The van der Waals surface area contributed by atoms with Gasteiger partial charge < -0.3 is 14.9 Å². The zero-order chi connectivity index (χ0) is 18.0. The van der Waals surface area contributed by atoms with Gasteiger partial charge in [-0.05, 0) is 42.5 Å². The summed E-state index contributed by atoms with van der Waals surface area (Å²) in [6.07, 6.45) is 2.06. The van der Waals surface area contributed by atoms with Crippen LogP contribution in [0.15, 0.2) is 36.9 Å². The number of nitrogens with zero attached hydrogens (tertiary/aromatic N) is 2. The van der Waals surface area contributed by atoms with Gasteiger partial charge in [0.25, 0.3) is 0 Å². The van der Waals surface area contributed by atoms with Crippen LogP contribution in [0, 0.1) is 17.7 Å². The highest BCUT2D eigenvalue weighted by Gasteiger charge is 2.38. The molecular weight excluding hydrogens is 323 g/mol. The van der Waals surface area contributed by atoms with Crippen molar-refractivity contribution in [3.05, 3.63) is 48.3 Å². The van der Waals surface area contributed by atoms with E-state index in [9.17, 15) is 19.1 Å². The van der Waals surface area contributed by atoms with E-state index in [4.69, 9.17) is 0 Å². The third-order valence-electron chi connectivity index (χ3n) is 5.23. The number of rotatable bonds is 4. The average molecular weight is 346 g/mol. The van der Waals surface area contributed by atoms with Gasteiger partial charge in [-0.15, -0.1) is 0 Å². The van der Waals surface area contributed by atoms with Crippen LogP contribution in [0.3, 0.4) is 0 Å². The average Bonchev–Trinajstić information content (AvgIpc) is 2.60. The van der Waals surface area contributed by atoms with Crippen molar-refractivity contribution in [3.8, 4) is 0 Å². The van der Waals surface area contributed by atoms with E-state index in [0.29, 0.717) is 44.6 Å². The fourth-order valence-electron chi connectivity index (χ4n) is 3.57. The Morgan fingerprint density at radius 1 is 1.16 bits per heavy atom. The van der Waals surface area contributed by atoms with Gasteiger partial charge in [-0.25, -0.2) is 4.39 Å². The van der Waals surface area contributed by atoms with E-state index in [1.54, 1.807) is 17.0 Å². The number of benzene rings is 1. The molecular formula is C19H23FN2O3. The van der Waals surface area contributed by atoms with Crippen LogP contribution < -0.4 is 0 Å². The Hall–Kier alpha value is -2.21. The lowest BCUT2D eigenvalue weighted by atomic mass is 9.86. The van der Waals surface area contributed by atoms with Crippen LogP contribution in [0.5, 0.6) is 0 Å². The Labute approximate surface area is 146 Å². The van der Waals surface area contributed by atoms with Gasteiger partial charge in [0.05, 0.1) is 12.0 Å². The summed E-state index contributed by atoms with van der Waals surface area (Å²) in [5.74, 6) is -0.425. The first-order valence-electron chi connectivity index (χ1n) is 8.63. The SMILES string of the molecule is C=CC(=O)N1CC(C(=O)N2CCC(C(O)c3ccc(F)cc3)CC2)C1. The lowest BCUT2D eigenvalue weighted by molar-refractivity contribution is -0.147. The lowest BCUT2D eigenvalue weighted by Crippen LogP contribution is -2.57. The Bertz CT molecular complexity index is 647. The molecule has 1 aromatic rings. The molecule has 0 aromatic heterocycles. The Morgan fingerprint density at radius 3 is 2.32 bits per heavy atom. The summed E-state index contributed by atoms with van der Waals surface area (Å²) in [5, 5.41) is 10.5. The van der Waals surface area contributed by atoms with Crippen molar-refractivity contribution in [3.63, 3.8) is 0 Å². The van der Waals surface area contributed by atoms with Crippen LogP contribution in [0.2, 0.25) is 0 Å². The molecule has 2 heterocycles. The molecule has 0 aliphatic carbocycles. The predicted molar refractivity (Wildman–Crippen MR) is 90.9 cm³/mol. The molecule has 1 N–H and O–H groups in total. The summed E-state index contributed by atoms with van der Waals surface area (Å²) in [4.78, 5) is 27.4. The second-order valence-electron chi connectivity index (χ2n) is 6.80. The number of piperidine rings is 1. The van der Waals surface area contributed by atoms with Gasteiger partial charge in [0.1, 0.15) is 5.82 Å². The highest BCUT2D eigenvalue weighted by atomic mass is 19.1. The van der Waals surface area contributed by atoms with E-state index in [-0.39, 0.29) is 29.5 Å². The quantitative estimate of drug-likeness (QED) is 0.845. The van der Waals surface area contributed by atoms with E-state index in [1.807, 2.05) is 4.90 Å². The van der Waals surface area contributed by atoms with Crippen molar-refractivity contribution in [1.29, 1.82) is 0 Å². The van der Waals surface area contributed by atoms with Crippen molar-refractivity contribution in [2.24, 2.45) is 11.8 Å². The number of hydrogen-bond acceptors (Lipinski definition) is 3. The molecule has 0 bridgehead atoms. The molecule has 1 atom stereocenters. The first kappa shape index (κ1) is 17.6. The molecule has 5 nitrogen and oxygen atoms in total. The van der Waals surface area contributed by atoms with Gasteiger partial charge in [0.15, 0.2) is 0 Å². The van der Waals surface area contributed by atoms with Crippen molar-refractivity contribution >= 4 is 11.8 Å². The zero-order valence-corrected chi connectivity index (χ0v) is 14.1. The Kier molecular flexibility index (Phi) is 5.18. The van der Waals surface area contributed by atoms with Crippen molar-refractivity contribution in [1.82, 2.24) is 9.80 Å². The predicted octanol–water partition coefficient (Wildman–Crippen LogP) is 1.74. The monoisotopic (exact) mass is 346 g/mol. The maximum absolute atomic E-state index is 13.0. The molecule has 2 aliphatic heterocycles. The standard InChI is InChI=1S/C19H23FN2O3/c1-2-17(23)22-11-15(12-22)19(25)21-9-7-14(8-10-21)18(24)13-3-5-16(20)6-4-13/h2-6,14-15,18,24H,1,7-12H2. The van der Waals surface area contributed by atoms with E-state index < -0.39 is 6.10 Å². The third kappa shape index (κ3) is 3.74. The molecule has 3 rings (SSSR count). The minimum atomic E-state index is -0.637. The molecule has 6 heteroatoms. The second-order valence-corrected chi connectivity index (χ2v) is 6.80.